The molecule has 0 saturated heterocycles. The van der Waals surface area contributed by atoms with E-state index in [0.717, 1.165) is 50.6 Å². The van der Waals surface area contributed by atoms with Crippen molar-refractivity contribution in [1.29, 1.82) is 0 Å². The van der Waals surface area contributed by atoms with Crippen LogP contribution >= 0.6 is 0 Å². The maximum atomic E-state index is 5.59. The van der Waals surface area contributed by atoms with Crippen molar-refractivity contribution in [3.8, 4) is 56.0 Å². The standard InChI is InChI=1S/C48H34N2/c1-3-4-7-16-32(2)33-25-27-34(28-26-33)37-29-30-39-38-21-12-14-23-41(38)48(43(39)31-37)42-24-15-13-22-40(42)44-45(35-17-8-5-9-18-35)49-47(50-46(44)48)36-19-10-6-11-20-36/h3-31H,2H2,1H3/b4-3-,16-7-. The predicted molar refractivity (Wildman–Crippen MR) is 208 cm³/mol. The lowest BCUT2D eigenvalue weighted by Gasteiger charge is -2.30. The third-order valence-electron chi connectivity index (χ3n) is 10.2. The molecule has 6 aromatic carbocycles. The highest BCUT2D eigenvalue weighted by Gasteiger charge is 2.54. The van der Waals surface area contributed by atoms with Crippen LogP contribution in [0.15, 0.2) is 183 Å². The molecule has 0 bridgehead atoms. The Bertz CT molecular complexity index is 2490. The second-order valence-corrected chi connectivity index (χ2v) is 12.9. The molecule has 0 saturated carbocycles. The van der Waals surface area contributed by atoms with Gasteiger partial charge in [-0.3, -0.25) is 0 Å². The molecule has 50 heavy (non-hydrogen) atoms. The van der Waals surface area contributed by atoms with Crippen molar-refractivity contribution in [3.63, 3.8) is 0 Å². The van der Waals surface area contributed by atoms with Gasteiger partial charge in [0.1, 0.15) is 0 Å². The SMILES string of the molecule is C=C(/C=C\C=C/C)c1ccc(-c2ccc3c(c2)C2(c4ccccc4-3)c3ccccc3-c3c(-c4ccccc4)nc(-c4ccccc4)nc32)cc1. The van der Waals surface area contributed by atoms with Gasteiger partial charge in [-0.1, -0.05) is 176 Å². The third-order valence-corrected chi connectivity index (χ3v) is 10.2. The van der Waals surface area contributed by atoms with Crippen LogP contribution in [0.2, 0.25) is 0 Å². The van der Waals surface area contributed by atoms with Crippen molar-refractivity contribution in [1.82, 2.24) is 9.97 Å². The molecule has 1 aromatic heterocycles. The Balaban J connectivity index is 1.31. The summed E-state index contributed by atoms with van der Waals surface area (Å²) in [7, 11) is 0. The lowest BCUT2D eigenvalue weighted by molar-refractivity contribution is 0.758. The predicted octanol–water partition coefficient (Wildman–Crippen LogP) is 12.0. The van der Waals surface area contributed by atoms with Gasteiger partial charge in [0.05, 0.1) is 16.8 Å². The van der Waals surface area contributed by atoms with Gasteiger partial charge in [0.25, 0.3) is 0 Å². The quantitative estimate of drug-likeness (QED) is 0.169. The number of benzene rings is 6. The van der Waals surface area contributed by atoms with Gasteiger partial charge in [-0.15, -0.1) is 0 Å². The fraction of sp³-hybridized carbons (Fsp3) is 0.0417. The Morgan fingerprint density at radius 3 is 1.86 bits per heavy atom. The van der Waals surface area contributed by atoms with Crippen LogP contribution in [0.4, 0.5) is 0 Å². The van der Waals surface area contributed by atoms with E-state index in [-0.39, 0.29) is 0 Å². The molecule has 1 atom stereocenters. The molecule has 1 unspecified atom stereocenters. The molecule has 2 nitrogen and oxygen atoms in total. The summed E-state index contributed by atoms with van der Waals surface area (Å²) in [5.74, 6) is 0.733. The lowest BCUT2D eigenvalue weighted by Crippen LogP contribution is -2.27. The number of aromatic nitrogens is 2. The Hall–Kier alpha value is -6.38. The highest BCUT2D eigenvalue weighted by Crippen LogP contribution is 2.63. The van der Waals surface area contributed by atoms with E-state index in [4.69, 9.17) is 9.97 Å². The molecule has 2 aliphatic rings. The zero-order chi connectivity index (χ0) is 33.7. The van der Waals surface area contributed by atoms with Crippen LogP contribution in [0, 0.1) is 0 Å². The second kappa shape index (κ2) is 11.9. The largest absolute Gasteiger partial charge is 0.231 e. The van der Waals surface area contributed by atoms with Crippen molar-refractivity contribution in [2.45, 2.75) is 12.3 Å². The number of rotatable bonds is 6. The summed E-state index contributed by atoms with van der Waals surface area (Å²) >= 11 is 0. The molecule has 0 fully saturated rings. The second-order valence-electron chi connectivity index (χ2n) is 12.9. The maximum absolute atomic E-state index is 5.59. The van der Waals surface area contributed by atoms with E-state index < -0.39 is 5.41 Å². The Morgan fingerprint density at radius 2 is 1.14 bits per heavy atom. The molecule has 2 aliphatic carbocycles. The van der Waals surface area contributed by atoms with Gasteiger partial charge in [0.15, 0.2) is 5.82 Å². The van der Waals surface area contributed by atoms with E-state index >= 15 is 0 Å². The Kier molecular flexibility index (Phi) is 7.10. The van der Waals surface area contributed by atoms with Gasteiger partial charge >= 0.3 is 0 Å². The summed E-state index contributed by atoms with van der Waals surface area (Å²) in [5.41, 5.74) is 16.4. The average Bonchev–Trinajstić information content (AvgIpc) is 3.65. The zero-order valence-corrected chi connectivity index (χ0v) is 27.8. The van der Waals surface area contributed by atoms with Crippen molar-refractivity contribution in [3.05, 3.63) is 210 Å². The fourth-order valence-electron chi connectivity index (χ4n) is 7.92. The molecule has 7 aromatic rings. The summed E-state index contributed by atoms with van der Waals surface area (Å²) in [6.45, 7) is 6.30. The van der Waals surface area contributed by atoms with Crippen LogP contribution in [-0.2, 0) is 5.41 Å². The first-order valence-electron chi connectivity index (χ1n) is 17.1. The van der Waals surface area contributed by atoms with Crippen LogP contribution in [0.1, 0.15) is 34.9 Å². The molecule has 0 amide bonds. The number of hydrogen-bond donors (Lipinski definition) is 0. The minimum Gasteiger partial charge on any atom is -0.231 e. The highest BCUT2D eigenvalue weighted by molar-refractivity contribution is 5.99. The van der Waals surface area contributed by atoms with Gasteiger partial charge in [-0.05, 0) is 68.6 Å². The van der Waals surface area contributed by atoms with Crippen LogP contribution in [-0.4, -0.2) is 9.97 Å². The number of fused-ring (bicyclic) bond motifs is 10. The normalized spacial score (nSPS) is 15.3. The number of allylic oxidation sites excluding steroid dienone is 5. The number of hydrogen-bond acceptors (Lipinski definition) is 2. The van der Waals surface area contributed by atoms with E-state index in [2.05, 4.69) is 158 Å². The molecule has 0 aliphatic heterocycles. The molecule has 2 heteroatoms. The topological polar surface area (TPSA) is 25.8 Å². The van der Waals surface area contributed by atoms with Crippen molar-refractivity contribution < 1.29 is 0 Å². The first-order valence-corrected chi connectivity index (χ1v) is 17.1. The first kappa shape index (κ1) is 29.7. The molecule has 0 radical (unpaired) electrons. The van der Waals surface area contributed by atoms with E-state index in [9.17, 15) is 0 Å². The van der Waals surface area contributed by atoms with Gasteiger partial charge in [-0.2, -0.15) is 0 Å². The van der Waals surface area contributed by atoms with Gasteiger partial charge in [-0.25, -0.2) is 9.97 Å². The average molecular weight is 639 g/mol. The lowest BCUT2D eigenvalue weighted by atomic mass is 9.72. The van der Waals surface area contributed by atoms with Gasteiger partial charge < -0.3 is 0 Å². The smallest absolute Gasteiger partial charge is 0.160 e. The summed E-state index contributed by atoms with van der Waals surface area (Å²) in [4.78, 5) is 10.9. The summed E-state index contributed by atoms with van der Waals surface area (Å²) in [6, 6.07) is 54.4. The van der Waals surface area contributed by atoms with E-state index in [1.165, 1.54) is 38.9 Å². The maximum Gasteiger partial charge on any atom is 0.160 e. The fourth-order valence-corrected chi connectivity index (χ4v) is 7.92. The van der Waals surface area contributed by atoms with Crippen molar-refractivity contribution in [2.24, 2.45) is 0 Å². The van der Waals surface area contributed by atoms with Crippen molar-refractivity contribution >= 4 is 5.57 Å². The Morgan fingerprint density at radius 1 is 0.540 bits per heavy atom. The minimum absolute atomic E-state index is 0.615. The van der Waals surface area contributed by atoms with Crippen LogP contribution in [0.3, 0.4) is 0 Å². The third kappa shape index (κ3) is 4.49. The summed E-state index contributed by atoms with van der Waals surface area (Å²) in [6.07, 6.45) is 8.12. The van der Waals surface area contributed by atoms with Gasteiger partial charge in [0, 0.05) is 16.7 Å². The van der Waals surface area contributed by atoms with Crippen molar-refractivity contribution in [2.75, 3.05) is 0 Å². The number of nitrogens with zero attached hydrogens (tertiary/aromatic N) is 2. The minimum atomic E-state index is -0.615. The molecular weight excluding hydrogens is 605 g/mol. The van der Waals surface area contributed by atoms with E-state index in [1.54, 1.807) is 0 Å². The molecule has 0 N–H and O–H groups in total. The Labute approximate surface area is 293 Å². The van der Waals surface area contributed by atoms with Crippen LogP contribution < -0.4 is 0 Å². The summed E-state index contributed by atoms with van der Waals surface area (Å²) in [5, 5.41) is 0. The molecule has 9 rings (SSSR count). The molecule has 1 heterocycles. The van der Waals surface area contributed by atoms with E-state index in [0.29, 0.717) is 0 Å². The van der Waals surface area contributed by atoms with E-state index in [1.807, 2.05) is 31.2 Å². The monoisotopic (exact) mass is 638 g/mol. The highest BCUT2D eigenvalue weighted by atomic mass is 14.9. The summed E-state index contributed by atoms with van der Waals surface area (Å²) < 4.78 is 0. The first-order chi connectivity index (χ1) is 24.7. The van der Waals surface area contributed by atoms with Crippen LogP contribution in [0.25, 0.3) is 61.6 Å². The van der Waals surface area contributed by atoms with Gasteiger partial charge in [0.2, 0.25) is 0 Å². The molecule has 236 valence electrons. The molecule has 1 spiro atoms. The zero-order valence-electron chi connectivity index (χ0n) is 27.8. The van der Waals surface area contributed by atoms with Crippen LogP contribution in [0.5, 0.6) is 0 Å². The molecular formula is C48H34N2.